The molecule has 21 heavy (non-hydrogen) atoms. The molecule has 1 aromatic rings. The van der Waals surface area contributed by atoms with Gasteiger partial charge in [0.2, 0.25) is 5.91 Å². The van der Waals surface area contributed by atoms with Crippen molar-refractivity contribution in [3.8, 4) is 0 Å². The van der Waals surface area contributed by atoms with Crippen molar-refractivity contribution in [2.75, 3.05) is 12.5 Å². The van der Waals surface area contributed by atoms with E-state index in [1.165, 1.54) is 0 Å². The molecule has 2 atom stereocenters. The SMILES string of the molecule is CSc1ccc(C(CC(=O)O)NC(=O)CC(C)SC)cc1. The summed E-state index contributed by atoms with van der Waals surface area (Å²) < 4.78 is 0. The van der Waals surface area contributed by atoms with Gasteiger partial charge in [0.15, 0.2) is 0 Å². The van der Waals surface area contributed by atoms with Gasteiger partial charge in [0.1, 0.15) is 0 Å². The molecule has 0 saturated carbocycles. The Labute approximate surface area is 134 Å². The second-order valence-corrected chi connectivity index (χ2v) is 6.90. The van der Waals surface area contributed by atoms with Gasteiger partial charge in [-0.2, -0.15) is 11.8 Å². The number of hydrogen-bond acceptors (Lipinski definition) is 4. The van der Waals surface area contributed by atoms with E-state index in [1.54, 1.807) is 23.5 Å². The molecule has 1 aromatic carbocycles. The Morgan fingerprint density at radius 1 is 1.19 bits per heavy atom. The Morgan fingerprint density at radius 3 is 2.29 bits per heavy atom. The van der Waals surface area contributed by atoms with E-state index in [1.807, 2.05) is 43.7 Å². The highest BCUT2D eigenvalue weighted by Gasteiger charge is 2.19. The summed E-state index contributed by atoms with van der Waals surface area (Å²) in [6.45, 7) is 1.98. The molecule has 1 amide bonds. The highest BCUT2D eigenvalue weighted by atomic mass is 32.2. The van der Waals surface area contributed by atoms with E-state index < -0.39 is 12.0 Å². The quantitative estimate of drug-likeness (QED) is 0.718. The highest BCUT2D eigenvalue weighted by Crippen LogP contribution is 2.22. The van der Waals surface area contributed by atoms with Gasteiger partial charge in [-0.25, -0.2) is 0 Å². The zero-order valence-electron chi connectivity index (χ0n) is 12.5. The lowest BCUT2D eigenvalue weighted by Crippen LogP contribution is -2.31. The molecule has 1 rings (SSSR count). The predicted octanol–water partition coefficient (Wildman–Crippen LogP) is 3.18. The number of aliphatic carboxylic acids is 1. The van der Waals surface area contributed by atoms with Gasteiger partial charge in [-0.05, 0) is 30.2 Å². The number of amides is 1. The van der Waals surface area contributed by atoms with Gasteiger partial charge in [-0.15, -0.1) is 11.8 Å². The summed E-state index contributed by atoms with van der Waals surface area (Å²) in [7, 11) is 0. The van der Waals surface area contributed by atoms with Crippen molar-refractivity contribution in [2.45, 2.75) is 36.0 Å². The number of carboxylic acid groups (broad SMARTS) is 1. The largest absolute Gasteiger partial charge is 0.481 e. The van der Waals surface area contributed by atoms with Crippen LogP contribution < -0.4 is 5.32 Å². The van der Waals surface area contributed by atoms with Gasteiger partial charge in [0.05, 0.1) is 12.5 Å². The molecule has 0 bridgehead atoms. The van der Waals surface area contributed by atoms with E-state index in [4.69, 9.17) is 5.11 Å². The van der Waals surface area contributed by atoms with Crippen molar-refractivity contribution in [1.82, 2.24) is 5.32 Å². The van der Waals surface area contributed by atoms with Crippen molar-refractivity contribution in [2.24, 2.45) is 0 Å². The first-order valence-electron chi connectivity index (χ1n) is 6.64. The van der Waals surface area contributed by atoms with Crippen LogP contribution in [0.3, 0.4) is 0 Å². The third-order valence-electron chi connectivity index (χ3n) is 3.11. The first-order valence-corrected chi connectivity index (χ1v) is 9.15. The van der Waals surface area contributed by atoms with Crippen molar-refractivity contribution in [3.05, 3.63) is 29.8 Å². The summed E-state index contributed by atoms with van der Waals surface area (Å²) in [5.41, 5.74) is 0.820. The van der Waals surface area contributed by atoms with Crippen molar-refractivity contribution >= 4 is 35.4 Å². The Balaban J connectivity index is 2.79. The van der Waals surface area contributed by atoms with Gasteiger partial charge in [-0.1, -0.05) is 19.1 Å². The fourth-order valence-electron chi connectivity index (χ4n) is 1.86. The molecule has 0 aromatic heterocycles. The summed E-state index contributed by atoms with van der Waals surface area (Å²) in [4.78, 5) is 24.1. The van der Waals surface area contributed by atoms with E-state index >= 15 is 0 Å². The molecule has 6 heteroatoms. The minimum Gasteiger partial charge on any atom is -0.481 e. The molecule has 0 fully saturated rings. The van der Waals surface area contributed by atoms with Gasteiger partial charge >= 0.3 is 5.97 Å². The van der Waals surface area contributed by atoms with Crippen LogP contribution in [-0.2, 0) is 9.59 Å². The number of rotatable bonds is 8. The fourth-order valence-corrected chi connectivity index (χ4v) is 2.59. The maximum Gasteiger partial charge on any atom is 0.305 e. The van der Waals surface area contributed by atoms with Crippen molar-refractivity contribution in [3.63, 3.8) is 0 Å². The molecular weight excluding hydrogens is 306 g/mol. The lowest BCUT2D eigenvalue weighted by molar-refractivity contribution is -0.137. The molecule has 0 aliphatic carbocycles. The molecule has 0 heterocycles. The fraction of sp³-hybridized carbons (Fsp3) is 0.467. The number of nitrogens with one attached hydrogen (secondary N) is 1. The number of carbonyl (C=O) groups excluding carboxylic acids is 1. The molecule has 2 N–H and O–H groups in total. The number of carbonyl (C=O) groups is 2. The molecular formula is C15H21NO3S2. The summed E-state index contributed by atoms with van der Waals surface area (Å²) in [5.74, 6) is -1.04. The minimum absolute atomic E-state index is 0.113. The third-order valence-corrected chi connectivity index (χ3v) is 4.82. The van der Waals surface area contributed by atoms with E-state index in [2.05, 4.69) is 5.32 Å². The van der Waals surface area contributed by atoms with Crippen molar-refractivity contribution in [1.29, 1.82) is 0 Å². The van der Waals surface area contributed by atoms with Gasteiger partial charge in [0, 0.05) is 16.6 Å². The zero-order chi connectivity index (χ0) is 15.8. The lowest BCUT2D eigenvalue weighted by atomic mass is 10.0. The van der Waals surface area contributed by atoms with Crippen LogP contribution in [0.2, 0.25) is 0 Å². The first kappa shape index (κ1) is 17.9. The normalized spacial score (nSPS) is 13.5. The Morgan fingerprint density at radius 2 is 1.81 bits per heavy atom. The van der Waals surface area contributed by atoms with Crippen molar-refractivity contribution < 1.29 is 14.7 Å². The van der Waals surface area contributed by atoms with Gasteiger partial charge in [0.25, 0.3) is 0 Å². The number of benzene rings is 1. The molecule has 0 radical (unpaired) electrons. The van der Waals surface area contributed by atoms with Crippen LogP contribution >= 0.6 is 23.5 Å². The second kappa shape index (κ2) is 9.00. The first-order chi connectivity index (χ1) is 9.96. The molecule has 0 saturated heterocycles. The van der Waals surface area contributed by atoms with Crippen LogP contribution in [0.25, 0.3) is 0 Å². The standard InChI is InChI=1S/C15H21NO3S2/c1-10(20-2)8-14(17)16-13(9-15(18)19)11-4-6-12(21-3)7-5-11/h4-7,10,13H,8-9H2,1-3H3,(H,16,17)(H,18,19). The summed E-state index contributed by atoms with van der Waals surface area (Å²) in [5, 5.41) is 12.1. The van der Waals surface area contributed by atoms with Gasteiger partial charge < -0.3 is 10.4 Å². The van der Waals surface area contributed by atoms with Crippen LogP contribution in [0.4, 0.5) is 0 Å². The average molecular weight is 327 g/mol. The lowest BCUT2D eigenvalue weighted by Gasteiger charge is -2.19. The number of hydrogen-bond donors (Lipinski definition) is 2. The highest BCUT2D eigenvalue weighted by molar-refractivity contribution is 7.99. The summed E-state index contributed by atoms with van der Waals surface area (Å²) in [6, 6.07) is 7.13. The Bertz CT molecular complexity index is 476. The Kier molecular flexibility index (Phi) is 7.67. The summed E-state index contributed by atoms with van der Waals surface area (Å²) >= 11 is 3.24. The topological polar surface area (TPSA) is 66.4 Å². The molecule has 0 spiro atoms. The molecule has 2 unspecified atom stereocenters. The van der Waals surface area contributed by atoms with Gasteiger partial charge in [-0.3, -0.25) is 9.59 Å². The molecule has 0 aliphatic rings. The predicted molar refractivity (Wildman–Crippen MR) is 89.0 cm³/mol. The maximum absolute atomic E-state index is 12.0. The smallest absolute Gasteiger partial charge is 0.305 e. The Hall–Kier alpha value is -1.14. The summed E-state index contributed by atoms with van der Waals surface area (Å²) in [6.07, 6.45) is 4.21. The maximum atomic E-state index is 12.0. The molecule has 4 nitrogen and oxygen atoms in total. The molecule has 116 valence electrons. The van der Waals surface area contributed by atoms with E-state index in [0.29, 0.717) is 6.42 Å². The van der Waals surface area contributed by atoms with Crippen LogP contribution in [0.5, 0.6) is 0 Å². The minimum atomic E-state index is -0.924. The molecule has 0 aliphatic heterocycles. The van der Waals surface area contributed by atoms with Crippen LogP contribution in [0.15, 0.2) is 29.2 Å². The average Bonchev–Trinajstić information content (AvgIpc) is 2.46. The van der Waals surface area contributed by atoms with Crippen LogP contribution in [0.1, 0.15) is 31.4 Å². The monoisotopic (exact) mass is 327 g/mol. The van der Waals surface area contributed by atoms with Crippen LogP contribution in [-0.4, -0.2) is 34.7 Å². The third kappa shape index (κ3) is 6.44. The van der Waals surface area contributed by atoms with E-state index in [-0.39, 0.29) is 17.6 Å². The zero-order valence-corrected chi connectivity index (χ0v) is 14.1. The van der Waals surface area contributed by atoms with E-state index in [9.17, 15) is 9.59 Å². The second-order valence-electron chi connectivity index (χ2n) is 4.74. The number of carboxylic acids is 1. The number of thioether (sulfide) groups is 2. The van der Waals surface area contributed by atoms with Crippen LogP contribution in [0, 0.1) is 0 Å². The van der Waals surface area contributed by atoms with E-state index in [0.717, 1.165) is 10.5 Å².